The van der Waals surface area contributed by atoms with Crippen LogP contribution in [0.3, 0.4) is 0 Å². The van der Waals surface area contributed by atoms with Crippen LogP contribution in [0.25, 0.3) is 0 Å². The standard InChI is InChI=1S/C21H35N4O10PS2/c1-4-18(26)25-13-15(11-16(25)20(38(31,32)33)22-14(2)34-3)23-35-8-6-10-36(29,30)9-5-7-24-19(27)12-17(37)21(24)28/h4,14,16-17,20,22,37H,1,5-13H2,2-3H3,(H,29,30)(H,31,32,33)/b23-15-/t14?,16-,17?,20?/m0/s1. The summed E-state index contributed by atoms with van der Waals surface area (Å²) in [5.74, 6) is -1.30. The summed E-state index contributed by atoms with van der Waals surface area (Å²) in [6.07, 6.45) is 0.513. The number of rotatable bonds is 15. The number of imide groups is 1. The number of carbonyl (C=O) groups is 3. The van der Waals surface area contributed by atoms with Crippen LogP contribution in [0.15, 0.2) is 17.8 Å². The van der Waals surface area contributed by atoms with E-state index >= 15 is 0 Å². The van der Waals surface area contributed by atoms with Gasteiger partial charge < -0.3 is 19.4 Å². The molecule has 2 heterocycles. The highest BCUT2D eigenvalue weighted by Gasteiger charge is 2.43. The number of carbonyl (C=O) groups excluding carboxylic acids is 3. The second-order valence-corrected chi connectivity index (χ2v) is 13.8. The Morgan fingerprint density at radius 2 is 2.00 bits per heavy atom. The average Bonchev–Trinajstić information content (AvgIpc) is 3.36. The number of oxime groups is 1. The average molecular weight is 599 g/mol. The molecule has 5 atom stereocenters. The van der Waals surface area contributed by atoms with Crippen molar-refractivity contribution in [1.82, 2.24) is 15.1 Å². The summed E-state index contributed by atoms with van der Waals surface area (Å²) in [7, 11) is -6.82. The lowest BCUT2D eigenvalue weighted by Crippen LogP contribution is -2.55. The van der Waals surface area contributed by atoms with Gasteiger partial charge in [0.25, 0.3) is 10.1 Å². The lowest BCUT2D eigenvalue weighted by Gasteiger charge is -2.30. The van der Waals surface area contributed by atoms with Crippen LogP contribution in [-0.4, -0.2) is 113 Å². The van der Waals surface area contributed by atoms with E-state index in [1.54, 1.807) is 0 Å². The fourth-order valence-electron chi connectivity index (χ4n) is 4.12. The summed E-state index contributed by atoms with van der Waals surface area (Å²) in [4.78, 5) is 53.6. The summed E-state index contributed by atoms with van der Waals surface area (Å²) in [5, 5.41) is 4.36. The Bertz CT molecular complexity index is 1090. The second kappa shape index (κ2) is 14.0. The molecule has 3 N–H and O–H groups in total. The number of hydrogen-bond acceptors (Lipinski definition) is 11. The highest BCUT2D eigenvalue weighted by atomic mass is 32.2. The highest BCUT2D eigenvalue weighted by molar-refractivity contribution is 7.86. The van der Waals surface area contributed by atoms with Crippen molar-refractivity contribution in [1.29, 1.82) is 0 Å². The van der Waals surface area contributed by atoms with Crippen LogP contribution in [0.1, 0.15) is 32.6 Å². The van der Waals surface area contributed by atoms with Gasteiger partial charge in [-0.1, -0.05) is 11.7 Å². The number of thiol groups is 1. The first kappa shape index (κ1) is 32.4. The first-order valence-corrected chi connectivity index (χ1v) is 15.9. The van der Waals surface area contributed by atoms with Crippen molar-refractivity contribution in [2.75, 3.05) is 39.1 Å². The first-order chi connectivity index (χ1) is 17.7. The van der Waals surface area contributed by atoms with E-state index in [1.807, 2.05) is 0 Å². The van der Waals surface area contributed by atoms with E-state index in [-0.39, 0.29) is 63.6 Å². The molecule has 14 nitrogen and oxygen atoms in total. The minimum atomic E-state index is -4.64. The Morgan fingerprint density at radius 1 is 1.34 bits per heavy atom. The maximum atomic E-state index is 12.4. The maximum absolute atomic E-state index is 12.4. The van der Waals surface area contributed by atoms with E-state index in [4.69, 9.17) is 9.57 Å². The lowest BCUT2D eigenvalue weighted by atomic mass is 10.2. The number of hydrogen-bond donors (Lipinski definition) is 4. The monoisotopic (exact) mass is 598 g/mol. The molecule has 0 saturated carbocycles. The van der Waals surface area contributed by atoms with Crippen LogP contribution in [0.4, 0.5) is 0 Å². The van der Waals surface area contributed by atoms with Crippen LogP contribution >= 0.6 is 20.0 Å². The minimum Gasteiger partial charge on any atom is -0.396 e. The molecule has 0 aromatic rings. The molecule has 4 unspecified atom stereocenters. The Kier molecular flexibility index (Phi) is 11.9. The Balaban J connectivity index is 1.88. The van der Waals surface area contributed by atoms with E-state index in [9.17, 15) is 36.8 Å². The fraction of sp³-hybridized carbons (Fsp3) is 0.714. The van der Waals surface area contributed by atoms with Crippen molar-refractivity contribution < 1.29 is 46.4 Å². The molecule has 0 radical (unpaired) electrons. The Labute approximate surface area is 227 Å². The first-order valence-electron chi connectivity index (χ1n) is 11.9. The molecule has 0 aromatic carbocycles. The molecule has 0 bridgehead atoms. The number of amides is 3. The van der Waals surface area contributed by atoms with Gasteiger partial charge in [0.2, 0.25) is 25.1 Å². The zero-order chi connectivity index (χ0) is 28.7. The van der Waals surface area contributed by atoms with Gasteiger partial charge in [-0.05, 0) is 25.8 Å². The van der Waals surface area contributed by atoms with Gasteiger partial charge in [0.1, 0.15) is 12.8 Å². The molecule has 2 fully saturated rings. The maximum Gasteiger partial charge on any atom is 0.283 e. The van der Waals surface area contributed by atoms with Gasteiger partial charge in [0.05, 0.1) is 23.5 Å². The number of methoxy groups -OCH3 is 1. The molecule has 3 amide bonds. The van der Waals surface area contributed by atoms with Gasteiger partial charge >= 0.3 is 0 Å². The number of likely N-dealkylation sites (tertiary alicyclic amines) is 2. The van der Waals surface area contributed by atoms with Crippen LogP contribution in [0.2, 0.25) is 0 Å². The van der Waals surface area contributed by atoms with E-state index < -0.39 is 52.2 Å². The van der Waals surface area contributed by atoms with E-state index in [2.05, 4.69) is 29.7 Å². The van der Waals surface area contributed by atoms with Crippen molar-refractivity contribution in [3.63, 3.8) is 0 Å². The number of ether oxygens (including phenoxy) is 1. The zero-order valence-corrected chi connectivity index (χ0v) is 23.9. The molecule has 0 aliphatic carbocycles. The van der Waals surface area contributed by atoms with Crippen molar-refractivity contribution in [3.8, 4) is 0 Å². The number of nitrogens with zero attached hydrogens (tertiary/aromatic N) is 3. The molecule has 38 heavy (non-hydrogen) atoms. The highest BCUT2D eigenvalue weighted by Crippen LogP contribution is 2.41. The predicted octanol–water partition coefficient (Wildman–Crippen LogP) is 0.0497. The molecular formula is C21H35N4O10PS2. The van der Waals surface area contributed by atoms with Crippen molar-refractivity contribution in [2.24, 2.45) is 5.16 Å². The van der Waals surface area contributed by atoms with Crippen LogP contribution < -0.4 is 5.32 Å². The molecule has 17 heteroatoms. The van der Waals surface area contributed by atoms with Crippen LogP contribution in [0, 0.1) is 0 Å². The number of nitrogens with one attached hydrogen (secondary N) is 1. The van der Waals surface area contributed by atoms with Gasteiger partial charge in [0, 0.05) is 38.8 Å². The summed E-state index contributed by atoms with van der Waals surface area (Å²) in [6.45, 7) is 4.94. The SMILES string of the molecule is C=CC(=O)N1C/C(=N\OCCCP(=O)(O)CCCN2C(=O)CC(S)C2=O)C[C@H]1C(NC(C)OC)S(=O)(=O)O. The lowest BCUT2D eigenvalue weighted by molar-refractivity contribution is -0.138. The Morgan fingerprint density at radius 3 is 2.55 bits per heavy atom. The molecule has 0 aromatic heterocycles. The zero-order valence-electron chi connectivity index (χ0n) is 21.3. The largest absolute Gasteiger partial charge is 0.396 e. The third-order valence-corrected chi connectivity index (χ3v) is 9.65. The van der Waals surface area contributed by atoms with E-state index in [1.165, 1.54) is 18.9 Å². The third kappa shape index (κ3) is 9.14. The predicted molar refractivity (Wildman–Crippen MR) is 142 cm³/mol. The third-order valence-electron chi connectivity index (χ3n) is 6.12. The summed E-state index contributed by atoms with van der Waals surface area (Å²) in [6, 6.07) is -1.01. The normalized spacial score (nSPS) is 24.5. The van der Waals surface area contributed by atoms with Crippen LogP contribution in [-0.2, 0) is 38.6 Å². The molecule has 2 aliphatic heterocycles. The summed E-state index contributed by atoms with van der Waals surface area (Å²) >= 11 is 4.04. The molecule has 0 spiro atoms. The second-order valence-electron chi connectivity index (χ2n) is 9.02. The summed E-state index contributed by atoms with van der Waals surface area (Å²) < 4.78 is 51.3. The Hall–Kier alpha value is -1.81. The van der Waals surface area contributed by atoms with Crippen molar-refractivity contribution >= 4 is 53.5 Å². The molecule has 2 aliphatic rings. The van der Waals surface area contributed by atoms with Crippen molar-refractivity contribution in [2.45, 2.75) is 55.5 Å². The van der Waals surface area contributed by atoms with Crippen molar-refractivity contribution in [3.05, 3.63) is 12.7 Å². The molecule has 216 valence electrons. The van der Waals surface area contributed by atoms with E-state index in [0.29, 0.717) is 5.71 Å². The van der Waals surface area contributed by atoms with Gasteiger partial charge in [-0.3, -0.25) is 33.7 Å². The quantitative estimate of drug-likeness (QED) is 0.0291. The van der Waals surface area contributed by atoms with E-state index in [0.717, 1.165) is 11.0 Å². The smallest absolute Gasteiger partial charge is 0.283 e. The molecule has 2 saturated heterocycles. The molecular weight excluding hydrogens is 563 g/mol. The van der Waals surface area contributed by atoms with Gasteiger partial charge in [-0.15, -0.1) is 0 Å². The van der Waals surface area contributed by atoms with Gasteiger partial charge in [0.15, 0.2) is 5.37 Å². The van der Waals surface area contributed by atoms with Crippen LogP contribution in [0.5, 0.6) is 0 Å². The van der Waals surface area contributed by atoms with Gasteiger partial charge in [-0.2, -0.15) is 21.0 Å². The topological polar surface area (TPSA) is 192 Å². The van der Waals surface area contributed by atoms with Gasteiger partial charge in [-0.25, -0.2) is 0 Å². The summed E-state index contributed by atoms with van der Waals surface area (Å²) in [5.41, 5.74) is 0.334. The fourth-order valence-corrected chi connectivity index (χ4v) is 6.90. The minimum absolute atomic E-state index is 0.0146. The molecule has 2 rings (SSSR count).